The first-order valence-corrected chi connectivity index (χ1v) is 19.8. The molecular weight excluding hydrogens is 705 g/mol. The summed E-state index contributed by atoms with van der Waals surface area (Å²) in [5.41, 5.74) is 13.4. The fourth-order valence-corrected chi connectivity index (χ4v) is 9.11. The van der Waals surface area contributed by atoms with E-state index in [-0.39, 0.29) is 0 Å². The molecule has 0 atom stereocenters. The summed E-state index contributed by atoms with van der Waals surface area (Å²) in [6, 6.07) is 73.8. The molecule has 3 aromatic heterocycles. The number of para-hydroxylation sites is 4. The van der Waals surface area contributed by atoms with Gasteiger partial charge in [-0.3, -0.25) is 4.57 Å². The highest BCUT2D eigenvalue weighted by Crippen LogP contribution is 2.42. The molecule has 4 nitrogen and oxygen atoms in total. The van der Waals surface area contributed by atoms with Crippen LogP contribution in [0.2, 0.25) is 0 Å². The second kappa shape index (κ2) is 12.9. The molecule has 0 aliphatic carbocycles. The molecule has 3 heterocycles. The number of benzene rings is 9. The van der Waals surface area contributed by atoms with Gasteiger partial charge in [0.15, 0.2) is 0 Å². The van der Waals surface area contributed by atoms with E-state index in [1.165, 1.54) is 60.0 Å². The van der Waals surface area contributed by atoms with Gasteiger partial charge in [0.05, 0.1) is 33.3 Å². The molecule has 0 unspecified atom stereocenters. The van der Waals surface area contributed by atoms with Gasteiger partial charge in [-0.15, -0.1) is 0 Å². The maximum atomic E-state index is 5.26. The standard InChI is InChI=1S/C54H34N4/c1-3-15-37(16-4-1)53-43-22-9-12-24-47(43)55-54(56-53)58-48-25-13-10-20-41(48)46-33-38(31-32-50(46)58)35-27-29-36(30-28-35)45-34-51-52(42-21-8-7-19-40(42)45)44-23-11-14-26-49(44)57(51)39-17-5-2-6-18-39/h1-34H. The van der Waals surface area contributed by atoms with Crippen molar-refractivity contribution in [3.63, 3.8) is 0 Å². The highest BCUT2D eigenvalue weighted by atomic mass is 15.2. The van der Waals surface area contributed by atoms with Crippen LogP contribution in [0.5, 0.6) is 0 Å². The van der Waals surface area contributed by atoms with Crippen LogP contribution < -0.4 is 0 Å². The Balaban J connectivity index is 1.00. The molecule has 0 spiro atoms. The van der Waals surface area contributed by atoms with Gasteiger partial charge in [-0.2, -0.15) is 0 Å². The Morgan fingerprint density at radius 1 is 0.310 bits per heavy atom. The molecule has 0 N–H and O–H groups in total. The predicted molar refractivity (Wildman–Crippen MR) is 242 cm³/mol. The molecule has 0 fully saturated rings. The van der Waals surface area contributed by atoms with Crippen molar-refractivity contribution in [2.24, 2.45) is 0 Å². The SMILES string of the molecule is c1ccc(-c2nc(-n3c4ccccc4c4cc(-c5ccc(-c6cc7c(c8ccccc68)c6ccccc6n7-c6ccccc6)cc5)ccc43)nc3ccccc23)cc1. The summed E-state index contributed by atoms with van der Waals surface area (Å²) in [5.74, 6) is 0.663. The van der Waals surface area contributed by atoms with Crippen molar-refractivity contribution >= 4 is 65.3 Å². The van der Waals surface area contributed by atoms with Crippen LogP contribution in [-0.4, -0.2) is 19.1 Å². The molecular formula is C54H34N4. The molecule has 4 heteroatoms. The first-order chi connectivity index (χ1) is 28.8. The lowest BCUT2D eigenvalue weighted by atomic mass is 9.93. The molecule has 270 valence electrons. The Morgan fingerprint density at radius 2 is 0.879 bits per heavy atom. The van der Waals surface area contributed by atoms with E-state index in [9.17, 15) is 0 Å². The van der Waals surface area contributed by atoms with Gasteiger partial charge in [-0.05, 0) is 81.6 Å². The van der Waals surface area contributed by atoms with E-state index in [4.69, 9.17) is 9.97 Å². The summed E-state index contributed by atoms with van der Waals surface area (Å²) >= 11 is 0. The molecule has 0 radical (unpaired) electrons. The molecule has 0 aliphatic rings. The van der Waals surface area contributed by atoms with Crippen LogP contribution in [0.3, 0.4) is 0 Å². The topological polar surface area (TPSA) is 35.6 Å². The van der Waals surface area contributed by atoms with Crippen LogP contribution in [0.15, 0.2) is 206 Å². The third-order valence-corrected chi connectivity index (χ3v) is 11.7. The molecule has 0 amide bonds. The monoisotopic (exact) mass is 738 g/mol. The van der Waals surface area contributed by atoms with E-state index in [2.05, 4.69) is 203 Å². The van der Waals surface area contributed by atoms with Gasteiger partial charge in [0, 0.05) is 38.2 Å². The molecule has 58 heavy (non-hydrogen) atoms. The van der Waals surface area contributed by atoms with E-state index in [1.54, 1.807) is 0 Å². The molecule has 0 saturated carbocycles. The van der Waals surface area contributed by atoms with Gasteiger partial charge < -0.3 is 4.57 Å². The summed E-state index contributed by atoms with van der Waals surface area (Å²) in [6.07, 6.45) is 0. The van der Waals surface area contributed by atoms with Crippen LogP contribution in [0.25, 0.3) is 110 Å². The van der Waals surface area contributed by atoms with E-state index in [0.29, 0.717) is 5.95 Å². The summed E-state index contributed by atoms with van der Waals surface area (Å²) in [6.45, 7) is 0. The fourth-order valence-electron chi connectivity index (χ4n) is 9.11. The Labute approximate surface area is 334 Å². The van der Waals surface area contributed by atoms with Crippen LogP contribution >= 0.6 is 0 Å². The van der Waals surface area contributed by atoms with Gasteiger partial charge in [0.25, 0.3) is 0 Å². The Morgan fingerprint density at radius 3 is 1.66 bits per heavy atom. The second-order valence-electron chi connectivity index (χ2n) is 15.0. The minimum absolute atomic E-state index is 0.663. The average Bonchev–Trinajstić information content (AvgIpc) is 3.82. The van der Waals surface area contributed by atoms with Gasteiger partial charge >= 0.3 is 0 Å². The van der Waals surface area contributed by atoms with Crippen LogP contribution in [0.1, 0.15) is 0 Å². The largest absolute Gasteiger partial charge is 0.309 e. The number of nitrogens with zero attached hydrogens (tertiary/aromatic N) is 4. The molecule has 12 rings (SSSR count). The minimum Gasteiger partial charge on any atom is -0.309 e. The molecule has 0 aliphatic heterocycles. The highest BCUT2D eigenvalue weighted by molar-refractivity contribution is 6.24. The first-order valence-electron chi connectivity index (χ1n) is 19.8. The van der Waals surface area contributed by atoms with Crippen molar-refractivity contribution in [3.8, 4) is 45.1 Å². The van der Waals surface area contributed by atoms with E-state index < -0.39 is 0 Å². The number of hydrogen-bond acceptors (Lipinski definition) is 2. The number of aromatic nitrogens is 4. The fraction of sp³-hybridized carbons (Fsp3) is 0. The van der Waals surface area contributed by atoms with Crippen molar-refractivity contribution in [2.45, 2.75) is 0 Å². The number of rotatable bonds is 5. The quantitative estimate of drug-likeness (QED) is 0.176. The van der Waals surface area contributed by atoms with E-state index in [0.717, 1.165) is 44.4 Å². The Kier molecular flexibility index (Phi) is 7.20. The number of fused-ring (bicyclic) bond motifs is 9. The minimum atomic E-state index is 0.663. The normalized spacial score (nSPS) is 11.8. The zero-order chi connectivity index (χ0) is 38.2. The average molecular weight is 739 g/mol. The zero-order valence-electron chi connectivity index (χ0n) is 31.4. The third-order valence-electron chi connectivity index (χ3n) is 11.7. The Hall–Kier alpha value is -7.82. The number of hydrogen-bond donors (Lipinski definition) is 0. The first kappa shape index (κ1) is 32.4. The third kappa shape index (κ3) is 4.95. The van der Waals surface area contributed by atoms with Gasteiger partial charge in [0.2, 0.25) is 5.95 Å². The van der Waals surface area contributed by atoms with Gasteiger partial charge in [0.1, 0.15) is 0 Å². The smallest absolute Gasteiger partial charge is 0.235 e. The van der Waals surface area contributed by atoms with E-state index >= 15 is 0 Å². The Bertz CT molecular complexity index is 3540. The van der Waals surface area contributed by atoms with Gasteiger partial charge in [-0.1, -0.05) is 158 Å². The van der Waals surface area contributed by atoms with Crippen molar-refractivity contribution in [2.75, 3.05) is 0 Å². The lowest BCUT2D eigenvalue weighted by Gasteiger charge is -2.13. The second-order valence-corrected chi connectivity index (χ2v) is 15.0. The van der Waals surface area contributed by atoms with Crippen molar-refractivity contribution in [1.82, 2.24) is 19.1 Å². The summed E-state index contributed by atoms with van der Waals surface area (Å²) < 4.78 is 4.62. The summed E-state index contributed by atoms with van der Waals surface area (Å²) in [5, 5.41) is 8.43. The summed E-state index contributed by atoms with van der Waals surface area (Å²) in [4.78, 5) is 10.4. The molecule has 9 aromatic carbocycles. The lowest BCUT2D eigenvalue weighted by molar-refractivity contribution is 1.01. The molecule has 0 saturated heterocycles. The van der Waals surface area contributed by atoms with Crippen LogP contribution in [-0.2, 0) is 0 Å². The van der Waals surface area contributed by atoms with Gasteiger partial charge in [-0.25, -0.2) is 9.97 Å². The van der Waals surface area contributed by atoms with Crippen LogP contribution in [0, 0.1) is 0 Å². The zero-order valence-corrected chi connectivity index (χ0v) is 31.4. The lowest BCUT2D eigenvalue weighted by Crippen LogP contribution is -2.03. The maximum absolute atomic E-state index is 5.26. The predicted octanol–water partition coefficient (Wildman–Crippen LogP) is 14.0. The van der Waals surface area contributed by atoms with Crippen LogP contribution in [0.4, 0.5) is 0 Å². The maximum Gasteiger partial charge on any atom is 0.235 e. The summed E-state index contributed by atoms with van der Waals surface area (Å²) in [7, 11) is 0. The van der Waals surface area contributed by atoms with Crippen molar-refractivity contribution in [1.29, 1.82) is 0 Å². The molecule has 0 bridgehead atoms. The van der Waals surface area contributed by atoms with Crippen molar-refractivity contribution in [3.05, 3.63) is 206 Å². The van der Waals surface area contributed by atoms with E-state index in [1.807, 2.05) is 12.1 Å². The molecule has 12 aromatic rings. The highest BCUT2D eigenvalue weighted by Gasteiger charge is 2.20. The van der Waals surface area contributed by atoms with Crippen molar-refractivity contribution < 1.29 is 0 Å².